The summed E-state index contributed by atoms with van der Waals surface area (Å²) >= 11 is 6.07. The van der Waals surface area contributed by atoms with Crippen LogP contribution < -0.4 is 5.32 Å². The van der Waals surface area contributed by atoms with Crippen molar-refractivity contribution < 1.29 is 0 Å². The second kappa shape index (κ2) is 5.50. The standard InChI is InChI=1S/C13H17ClN4/c1-4-15-13(12-8-16-17-18(12)3)10-5-6-11(14)9(2)7-10/h5-8,13,15H,4H2,1-3H3. The number of aromatic nitrogens is 3. The van der Waals surface area contributed by atoms with Crippen molar-refractivity contribution in [2.45, 2.75) is 19.9 Å². The van der Waals surface area contributed by atoms with E-state index < -0.39 is 0 Å². The molecular formula is C13H17ClN4. The highest BCUT2D eigenvalue weighted by atomic mass is 35.5. The fourth-order valence-electron chi connectivity index (χ4n) is 2.00. The Morgan fingerprint density at radius 3 is 2.78 bits per heavy atom. The maximum absolute atomic E-state index is 6.07. The van der Waals surface area contributed by atoms with Crippen LogP contribution in [0.1, 0.15) is 29.8 Å². The number of hydrogen-bond acceptors (Lipinski definition) is 3. The summed E-state index contributed by atoms with van der Waals surface area (Å²) in [5.74, 6) is 0. The van der Waals surface area contributed by atoms with Crippen molar-refractivity contribution in [1.29, 1.82) is 0 Å². The molecule has 4 nitrogen and oxygen atoms in total. The van der Waals surface area contributed by atoms with Crippen LogP contribution in [0.3, 0.4) is 0 Å². The third kappa shape index (κ3) is 2.54. The Morgan fingerprint density at radius 1 is 1.44 bits per heavy atom. The Morgan fingerprint density at radius 2 is 2.22 bits per heavy atom. The highest BCUT2D eigenvalue weighted by Crippen LogP contribution is 2.25. The molecule has 1 heterocycles. The molecule has 0 saturated carbocycles. The highest BCUT2D eigenvalue weighted by molar-refractivity contribution is 6.31. The summed E-state index contributed by atoms with van der Waals surface area (Å²) in [6.07, 6.45) is 1.79. The lowest BCUT2D eigenvalue weighted by Gasteiger charge is -2.18. The zero-order valence-corrected chi connectivity index (χ0v) is 11.6. The highest BCUT2D eigenvalue weighted by Gasteiger charge is 2.17. The number of nitrogens with zero attached hydrogens (tertiary/aromatic N) is 3. The molecule has 0 aliphatic rings. The lowest BCUT2D eigenvalue weighted by molar-refractivity contribution is 0.568. The minimum absolute atomic E-state index is 0.0889. The van der Waals surface area contributed by atoms with Gasteiger partial charge in [-0.1, -0.05) is 35.9 Å². The normalized spacial score (nSPS) is 12.7. The third-order valence-electron chi connectivity index (χ3n) is 2.97. The smallest absolute Gasteiger partial charge is 0.0798 e. The molecule has 1 unspecified atom stereocenters. The van der Waals surface area contributed by atoms with Crippen LogP contribution in [0.15, 0.2) is 24.4 Å². The quantitative estimate of drug-likeness (QED) is 0.923. The summed E-state index contributed by atoms with van der Waals surface area (Å²) in [6.45, 7) is 4.97. The van der Waals surface area contributed by atoms with E-state index in [4.69, 9.17) is 11.6 Å². The fraction of sp³-hybridized carbons (Fsp3) is 0.385. The van der Waals surface area contributed by atoms with Crippen LogP contribution in [0.2, 0.25) is 5.02 Å². The van der Waals surface area contributed by atoms with Crippen LogP contribution >= 0.6 is 11.6 Å². The predicted octanol–water partition coefficient (Wildman–Crippen LogP) is 2.48. The van der Waals surface area contributed by atoms with Gasteiger partial charge in [0.05, 0.1) is 17.9 Å². The maximum Gasteiger partial charge on any atom is 0.0798 e. The van der Waals surface area contributed by atoms with Gasteiger partial charge in [-0.2, -0.15) is 0 Å². The number of benzene rings is 1. The van der Waals surface area contributed by atoms with Crippen molar-refractivity contribution >= 4 is 11.6 Å². The first kappa shape index (κ1) is 13.1. The Hall–Kier alpha value is -1.39. The molecule has 2 rings (SSSR count). The van der Waals surface area contributed by atoms with Gasteiger partial charge in [-0.15, -0.1) is 5.10 Å². The number of nitrogens with one attached hydrogen (secondary N) is 1. The van der Waals surface area contributed by atoms with E-state index in [2.05, 4.69) is 28.6 Å². The second-order valence-electron chi connectivity index (χ2n) is 4.28. The molecule has 0 spiro atoms. The summed E-state index contributed by atoms with van der Waals surface area (Å²) in [7, 11) is 1.90. The van der Waals surface area contributed by atoms with Gasteiger partial charge in [0.25, 0.3) is 0 Å². The molecule has 0 aliphatic heterocycles. The summed E-state index contributed by atoms with van der Waals surface area (Å²) in [5.41, 5.74) is 3.29. The molecule has 96 valence electrons. The Kier molecular flexibility index (Phi) is 3.99. The van der Waals surface area contributed by atoms with Gasteiger partial charge >= 0.3 is 0 Å². The van der Waals surface area contributed by atoms with E-state index in [0.29, 0.717) is 0 Å². The van der Waals surface area contributed by atoms with Crippen LogP contribution in [0.5, 0.6) is 0 Å². The molecule has 1 atom stereocenters. The lowest BCUT2D eigenvalue weighted by Crippen LogP contribution is -2.24. The van der Waals surface area contributed by atoms with Crippen LogP contribution in [0, 0.1) is 6.92 Å². The average molecular weight is 265 g/mol. The van der Waals surface area contributed by atoms with Gasteiger partial charge in [0, 0.05) is 12.1 Å². The van der Waals surface area contributed by atoms with E-state index in [0.717, 1.165) is 22.8 Å². The molecule has 1 N–H and O–H groups in total. The van der Waals surface area contributed by atoms with Gasteiger partial charge in [0.2, 0.25) is 0 Å². The monoisotopic (exact) mass is 264 g/mol. The van der Waals surface area contributed by atoms with E-state index in [1.165, 1.54) is 5.56 Å². The van der Waals surface area contributed by atoms with Crippen LogP contribution in [-0.4, -0.2) is 21.5 Å². The largest absolute Gasteiger partial charge is 0.305 e. The summed E-state index contributed by atoms with van der Waals surface area (Å²) in [4.78, 5) is 0. The molecule has 0 amide bonds. The first-order valence-corrected chi connectivity index (χ1v) is 6.35. The zero-order valence-electron chi connectivity index (χ0n) is 10.8. The average Bonchev–Trinajstić information content (AvgIpc) is 2.76. The van der Waals surface area contributed by atoms with Gasteiger partial charge in [0.15, 0.2) is 0 Å². The van der Waals surface area contributed by atoms with Gasteiger partial charge in [-0.3, -0.25) is 4.68 Å². The van der Waals surface area contributed by atoms with Crippen molar-refractivity contribution in [3.8, 4) is 0 Å². The molecule has 0 bridgehead atoms. The Balaban J connectivity index is 2.41. The van der Waals surface area contributed by atoms with Gasteiger partial charge < -0.3 is 5.32 Å². The van der Waals surface area contributed by atoms with E-state index in [9.17, 15) is 0 Å². The van der Waals surface area contributed by atoms with Crippen LogP contribution in [0.25, 0.3) is 0 Å². The molecule has 1 aromatic heterocycles. The number of halogens is 1. The SMILES string of the molecule is CCNC(c1ccc(Cl)c(C)c1)c1cnnn1C. The molecule has 0 saturated heterocycles. The minimum Gasteiger partial charge on any atom is -0.305 e. The maximum atomic E-state index is 6.07. The lowest BCUT2D eigenvalue weighted by atomic mass is 10.0. The molecule has 5 heteroatoms. The predicted molar refractivity (Wildman–Crippen MR) is 72.7 cm³/mol. The van der Waals surface area contributed by atoms with E-state index >= 15 is 0 Å². The van der Waals surface area contributed by atoms with Crippen LogP contribution in [-0.2, 0) is 7.05 Å². The van der Waals surface area contributed by atoms with Gasteiger partial charge in [-0.25, -0.2) is 0 Å². The van der Waals surface area contributed by atoms with E-state index in [1.54, 1.807) is 10.9 Å². The topological polar surface area (TPSA) is 42.7 Å². The summed E-state index contributed by atoms with van der Waals surface area (Å²) in [5, 5.41) is 12.2. The van der Waals surface area contributed by atoms with Crippen molar-refractivity contribution in [2.75, 3.05) is 6.54 Å². The molecule has 0 aliphatic carbocycles. The number of hydrogen-bond donors (Lipinski definition) is 1. The first-order chi connectivity index (χ1) is 8.63. The van der Waals surface area contributed by atoms with Gasteiger partial charge in [-0.05, 0) is 30.7 Å². The van der Waals surface area contributed by atoms with Crippen molar-refractivity contribution in [3.63, 3.8) is 0 Å². The fourth-order valence-corrected chi connectivity index (χ4v) is 2.12. The Labute approximate surface area is 112 Å². The second-order valence-corrected chi connectivity index (χ2v) is 4.69. The molecule has 1 aromatic carbocycles. The number of rotatable bonds is 4. The molecule has 0 fully saturated rings. The van der Waals surface area contributed by atoms with Gasteiger partial charge in [0.1, 0.15) is 0 Å². The third-order valence-corrected chi connectivity index (χ3v) is 3.39. The summed E-state index contributed by atoms with van der Waals surface area (Å²) in [6, 6.07) is 6.16. The number of aryl methyl sites for hydroxylation is 2. The van der Waals surface area contributed by atoms with Crippen molar-refractivity contribution in [3.05, 3.63) is 46.2 Å². The zero-order chi connectivity index (χ0) is 13.1. The van der Waals surface area contributed by atoms with Crippen LogP contribution in [0.4, 0.5) is 0 Å². The summed E-state index contributed by atoms with van der Waals surface area (Å²) < 4.78 is 1.79. The van der Waals surface area contributed by atoms with E-state index in [-0.39, 0.29) is 6.04 Å². The molecule has 18 heavy (non-hydrogen) atoms. The first-order valence-electron chi connectivity index (χ1n) is 5.97. The van der Waals surface area contributed by atoms with Crippen molar-refractivity contribution in [2.24, 2.45) is 7.05 Å². The van der Waals surface area contributed by atoms with Crippen molar-refractivity contribution in [1.82, 2.24) is 20.3 Å². The Bertz CT molecular complexity index is 536. The molecular weight excluding hydrogens is 248 g/mol. The van der Waals surface area contributed by atoms with E-state index in [1.807, 2.05) is 26.1 Å². The molecule has 2 aromatic rings. The minimum atomic E-state index is 0.0889. The molecule has 0 radical (unpaired) electrons.